The van der Waals surface area contributed by atoms with Crippen LogP contribution in [0.25, 0.3) is 16.6 Å². The first-order chi connectivity index (χ1) is 21.2. The Hall–Kier alpha value is -4.23. The minimum absolute atomic E-state index is 0.302. The van der Waals surface area contributed by atoms with Crippen LogP contribution < -0.4 is 14.5 Å². The van der Waals surface area contributed by atoms with Gasteiger partial charge in [-0.05, 0) is 95.6 Å². The molecule has 7 rings (SSSR count). The molecule has 0 unspecified atom stereocenters. The van der Waals surface area contributed by atoms with Crippen LogP contribution in [0.1, 0.15) is 55.6 Å². The van der Waals surface area contributed by atoms with Crippen LogP contribution in [0.5, 0.6) is 5.75 Å². The summed E-state index contributed by atoms with van der Waals surface area (Å²) in [5, 5.41) is 0. The standard InChI is InChI=1S/C37H39N3O3S/c1-7-38(8-2)26-15-17-29-33(22-26)44(41,42)34-23-27(39(9-3)10-4)16-18-30(34)37(29)36-35(25(6)31-13-11-12-20-40(31)36)28-21-24(5)14-19-32(28)43-37/h11-23H,7-10H2,1-6H3. The van der Waals surface area contributed by atoms with E-state index in [1.54, 1.807) is 0 Å². The van der Waals surface area contributed by atoms with Crippen LogP contribution in [-0.4, -0.2) is 39.0 Å². The molecule has 6 nitrogen and oxygen atoms in total. The van der Waals surface area contributed by atoms with E-state index in [1.807, 2.05) is 36.4 Å². The van der Waals surface area contributed by atoms with Crippen molar-refractivity contribution in [1.82, 2.24) is 4.40 Å². The van der Waals surface area contributed by atoms with Crippen LogP contribution in [-0.2, 0) is 15.4 Å². The lowest BCUT2D eigenvalue weighted by Gasteiger charge is -2.44. The van der Waals surface area contributed by atoms with E-state index in [4.69, 9.17) is 4.74 Å². The Morgan fingerprint density at radius 1 is 0.750 bits per heavy atom. The first-order valence-electron chi connectivity index (χ1n) is 15.6. The fourth-order valence-corrected chi connectivity index (χ4v) is 9.23. The second-order valence-corrected chi connectivity index (χ2v) is 13.7. The summed E-state index contributed by atoms with van der Waals surface area (Å²) in [6.45, 7) is 15.7. The molecular weight excluding hydrogens is 566 g/mol. The molecule has 0 radical (unpaired) electrons. The molecule has 0 aliphatic carbocycles. The lowest BCUT2D eigenvalue weighted by atomic mass is 9.77. The van der Waals surface area contributed by atoms with E-state index >= 15 is 0 Å². The zero-order chi connectivity index (χ0) is 31.0. The molecule has 0 atom stereocenters. The smallest absolute Gasteiger partial charge is 0.207 e. The molecule has 2 aliphatic heterocycles. The quantitative estimate of drug-likeness (QED) is 0.198. The second-order valence-electron chi connectivity index (χ2n) is 11.8. The van der Waals surface area contributed by atoms with Gasteiger partial charge in [0.15, 0.2) is 0 Å². The number of anilines is 2. The van der Waals surface area contributed by atoms with Crippen molar-refractivity contribution in [3.05, 3.63) is 107 Å². The Kier molecular flexibility index (Phi) is 6.59. The minimum Gasteiger partial charge on any atom is -0.471 e. The Balaban J connectivity index is 1.67. The van der Waals surface area contributed by atoms with Gasteiger partial charge in [0.2, 0.25) is 15.4 Å². The summed E-state index contributed by atoms with van der Waals surface area (Å²) >= 11 is 0. The molecule has 7 heteroatoms. The third-order valence-electron chi connectivity index (χ3n) is 9.62. The molecule has 3 aromatic carbocycles. The summed E-state index contributed by atoms with van der Waals surface area (Å²) in [4.78, 5) is 4.98. The monoisotopic (exact) mass is 605 g/mol. The molecule has 0 amide bonds. The highest BCUT2D eigenvalue weighted by Crippen LogP contribution is 2.59. The number of aromatic nitrogens is 1. The first kappa shape index (κ1) is 28.5. The minimum atomic E-state index is -3.90. The van der Waals surface area contributed by atoms with E-state index in [0.717, 1.165) is 76.8 Å². The Morgan fingerprint density at radius 2 is 1.34 bits per heavy atom. The SMILES string of the molecule is CCN(CC)c1ccc2c(c1)S(=O)(=O)c1cc(N(CC)CC)ccc1C21Oc2ccc(C)cc2-c2c(C)c3ccccn3c21. The van der Waals surface area contributed by atoms with Crippen LogP contribution in [0.3, 0.4) is 0 Å². The maximum absolute atomic E-state index is 14.8. The van der Waals surface area contributed by atoms with E-state index < -0.39 is 15.4 Å². The van der Waals surface area contributed by atoms with E-state index in [2.05, 4.69) is 98.3 Å². The largest absolute Gasteiger partial charge is 0.471 e. The van der Waals surface area contributed by atoms with Crippen LogP contribution in [0.2, 0.25) is 0 Å². The van der Waals surface area contributed by atoms with Gasteiger partial charge in [-0.2, -0.15) is 0 Å². The molecule has 0 bridgehead atoms. The van der Waals surface area contributed by atoms with E-state index in [0.29, 0.717) is 20.9 Å². The summed E-state index contributed by atoms with van der Waals surface area (Å²) in [5.41, 5.74) is 8.29. The number of fused-ring (bicyclic) bond motifs is 10. The molecule has 44 heavy (non-hydrogen) atoms. The van der Waals surface area contributed by atoms with Crippen molar-refractivity contribution >= 4 is 26.7 Å². The van der Waals surface area contributed by atoms with Crippen LogP contribution in [0, 0.1) is 13.8 Å². The third kappa shape index (κ3) is 3.75. The van der Waals surface area contributed by atoms with E-state index in [-0.39, 0.29) is 0 Å². The highest BCUT2D eigenvalue weighted by Gasteiger charge is 2.55. The Labute approximate surface area is 260 Å². The number of hydrogen-bond donors (Lipinski definition) is 0. The van der Waals surface area contributed by atoms with Gasteiger partial charge in [0, 0.05) is 71.5 Å². The van der Waals surface area contributed by atoms with Crippen molar-refractivity contribution in [2.24, 2.45) is 0 Å². The van der Waals surface area contributed by atoms with Gasteiger partial charge in [-0.15, -0.1) is 0 Å². The van der Waals surface area contributed by atoms with Crippen LogP contribution in [0.15, 0.2) is 88.8 Å². The normalized spacial score (nSPS) is 15.2. The van der Waals surface area contributed by atoms with Gasteiger partial charge in [-0.1, -0.05) is 29.8 Å². The van der Waals surface area contributed by atoms with Gasteiger partial charge in [-0.25, -0.2) is 8.42 Å². The van der Waals surface area contributed by atoms with Gasteiger partial charge in [0.05, 0.1) is 15.5 Å². The summed E-state index contributed by atoms with van der Waals surface area (Å²) < 4.78 is 39.1. The molecule has 0 saturated carbocycles. The van der Waals surface area contributed by atoms with Gasteiger partial charge >= 0.3 is 0 Å². The van der Waals surface area contributed by atoms with Crippen molar-refractivity contribution in [2.45, 2.75) is 56.9 Å². The molecule has 2 aromatic heterocycles. The molecule has 2 aliphatic rings. The van der Waals surface area contributed by atoms with Crippen LogP contribution >= 0.6 is 0 Å². The third-order valence-corrected chi connectivity index (χ3v) is 11.5. The van der Waals surface area contributed by atoms with Crippen LogP contribution in [0.4, 0.5) is 11.4 Å². The van der Waals surface area contributed by atoms with Gasteiger partial charge in [-0.3, -0.25) is 0 Å². The van der Waals surface area contributed by atoms with E-state index in [9.17, 15) is 8.42 Å². The van der Waals surface area contributed by atoms with Crippen molar-refractivity contribution in [3.63, 3.8) is 0 Å². The maximum atomic E-state index is 14.8. The van der Waals surface area contributed by atoms with Crippen molar-refractivity contribution in [3.8, 4) is 16.9 Å². The lowest BCUT2D eigenvalue weighted by molar-refractivity contribution is 0.138. The number of benzene rings is 3. The average molecular weight is 606 g/mol. The van der Waals surface area contributed by atoms with Crippen molar-refractivity contribution in [1.29, 1.82) is 0 Å². The molecule has 0 N–H and O–H groups in total. The van der Waals surface area contributed by atoms with Gasteiger partial charge < -0.3 is 18.9 Å². The fourth-order valence-electron chi connectivity index (χ4n) is 7.43. The van der Waals surface area contributed by atoms with Gasteiger partial charge in [0.1, 0.15) is 5.75 Å². The summed E-state index contributed by atoms with van der Waals surface area (Å²) in [6.07, 6.45) is 2.07. The Morgan fingerprint density at radius 3 is 1.91 bits per heavy atom. The summed E-state index contributed by atoms with van der Waals surface area (Å²) in [5.74, 6) is 0.749. The van der Waals surface area contributed by atoms with Crippen molar-refractivity contribution < 1.29 is 13.2 Å². The summed E-state index contributed by atoms with van der Waals surface area (Å²) in [7, 11) is -3.90. The fraction of sp³-hybridized carbons (Fsp3) is 0.297. The number of hydrogen-bond acceptors (Lipinski definition) is 5. The molecule has 0 fully saturated rings. The van der Waals surface area contributed by atoms with Gasteiger partial charge in [0.25, 0.3) is 0 Å². The molecule has 5 aromatic rings. The molecule has 1 spiro atoms. The number of pyridine rings is 1. The molecule has 0 saturated heterocycles. The molecule has 4 heterocycles. The highest BCUT2D eigenvalue weighted by atomic mass is 32.2. The van der Waals surface area contributed by atoms with Crippen molar-refractivity contribution in [2.75, 3.05) is 36.0 Å². The zero-order valence-corrected chi connectivity index (χ0v) is 27.1. The lowest BCUT2D eigenvalue weighted by Crippen LogP contribution is -2.44. The number of sulfone groups is 1. The number of ether oxygens (including phenoxy) is 1. The Bertz CT molecular complexity index is 1980. The maximum Gasteiger partial charge on any atom is 0.207 e. The van der Waals surface area contributed by atoms with E-state index in [1.165, 1.54) is 0 Å². The predicted molar refractivity (Wildman–Crippen MR) is 178 cm³/mol. The number of aryl methyl sites for hydroxylation is 2. The highest BCUT2D eigenvalue weighted by molar-refractivity contribution is 7.91. The second kappa shape index (κ2) is 10.2. The molecular formula is C37H39N3O3S. The first-order valence-corrected chi connectivity index (χ1v) is 17.1. The predicted octanol–water partition coefficient (Wildman–Crippen LogP) is 7.75. The summed E-state index contributed by atoms with van der Waals surface area (Å²) in [6, 6.07) is 24.3. The molecule has 226 valence electrons. The average Bonchev–Trinajstić information content (AvgIpc) is 3.34. The zero-order valence-electron chi connectivity index (χ0n) is 26.3. The number of rotatable bonds is 6. The topological polar surface area (TPSA) is 54.3 Å². The number of nitrogens with zero attached hydrogens (tertiary/aromatic N) is 3.